The lowest BCUT2D eigenvalue weighted by Gasteiger charge is -1.99. The maximum Gasteiger partial charge on any atom is 0.357 e. The molecule has 0 aliphatic heterocycles. The van der Waals surface area contributed by atoms with E-state index in [-0.39, 0.29) is 11.5 Å². The van der Waals surface area contributed by atoms with Gasteiger partial charge < -0.3 is 9.40 Å². The number of aromatic amines is 2. The first-order valence-electron chi connectivity index (χ1n) is 7.75. The molecule has 2 N–H and O–H groups in total. The number of ketones is 1. The van der Waals surface area contributed by atoms with Gasteiger partial charge in [0.1, 0.15) is 17.2 Å². The fourth-order valence-electron chi connectivity index (χ4n) is 2.43. The van der Waals surface area contributed by atoms with Crippen LogP contribution in [0.5, 0.6) is 0 Å². The van der Waals surface area contributed by atoms with E-state index in [1.807, 2.05) is 4.98 Å². The summed E-state index contributed by atoms with van der Waals surface area (Å²) in [5, 5.41) is 11.0. The van der Waals surface area contributed by atoms with Crippen molar-refractivity contribution in [2.24, 2.45) is 0 Å². The predicted molar refractivity (Wildman–Crippen MR) is 97.4 cm³/mol. The molecule has 0 amide bonds. The van der Waals surface area contributed by atoms with Crippen molar-refractivity contribution >= 4 is 23.6 Å². The highest BCUT2D eigenvalue weighted by Gasteiger charge is 2.18. The number of carbonyl (C=O) groups is 1. The number of Topliss-reactive ketones (excluding diaryl/α,β-unsaturated/α-hetero) is 1. The first-order valence-corrected chi connectivity index (χ1v) is 7.75. The molecule has 136 valence electrons. The van der Waals surface area contributed by atoms with Crippen LogP contribution in [0.1, 0.15) is 28.7 Å². The van der Waals surface area contributed by atoms with Gasteiger partial charge in [0, 0.05) is 11.1 Å². The first-order chi connectivity index (χ1) is 12.8. The summed E-state index contributed by atoms with van der Waals surface area (Å²) in [6.07, 6.45) is 2.61. The topological polar surface area (TPSA) is 139 Å². The number of nitro groups is 1. The summed E-state index contributed by atoms with van der Waals surface area (Å²) in [5.41, 5.74) is -1.62. The molecule has 1 aromatic carbocycles. The van der Waals surface area contributed by atoms with Crippen molar-refractivity contribution in [3.63, 3.8) is 0 Å². The molecule has 0 saturated heterocycles. The highest BCUT2D eigenvalue weighted by molar-refractivity contribution is 5.94. The quantitative estimate of drug-likeness (QED) is 0.404. The molecular weight excluding hydrogens is 354 g/mol. The van der Waals surface area contributed by atoms with Crippen LogP contribution < -0.4 is 11.2 Å². The number of nitrogens with one attached hydrogen (secondary N) is 2. The van der Waals surface area contributed by atoms with Gasteiger partial charge >= 0.3 is 16.9 Å². The van der Waals surface area contributed by atoms with E-state index in [0.717, 1.165) is 5.56 Å². The van der Waals surface area contributed by atoms with Crippen LogP contribution in [0.3, 0.4) is 0 Å². The summed E-state index contributed by atoms with van der Waals surface area (Å²) in [5.74, 6) is 0.841. The van der Waals surface area contributed by atoms with Crippen molar-refractivity contribution in [3.8, 4) is 11.3 Å². The summed E-state index contributed by atoms with van der Waals surface area (Å²) in [6.45, 7) is 1.48. The van der Waals surface area contributed by atoms with Gasteiger partial charge in [0.2, 0.25) is 0 Å². The van der Waals surface area contributed by atoms with Crippen LogP contribution in [0, 0.1) is 10.1 Å². The fraction of sp³-hybridized carbons (Fsp3) is 0.0556. The molecule has 9 nitrogen and oxygen atoms in total. The molecular formula is C18H13N3O6. The Labute approximate surface area is 151 Å². The van der Waals surface area contributed by atoms with Crippen molar-refractivity contribution in [2.45, 2.75) is 6.92 Å². The van der Waals surface area contributed by atoms with E-state index in [1.54, 1.807) is 36.4 Å². The highest BCUT2D eigenvalue weighted by Crippen LogP contribution is 2.24. The zero-order chi connectivity index (χ0) is 19.6. The van der Waals surface area contributed by atoms with Crippen LogP contribution >= 0.6 is 0 Å². The Morgan fingerprint density at radius 1 is 1.07 bits per heavy atom. The number of aromatic nitrogens is 2. The minimum atomic E-state index is -1.09. The van der Waals surface area contributed by atoms with Crippen molar-refractivity contribution in [1.82, 2.24) is 9.97 Å². The summed E-state index contributed by atoms with van der Waals surface area (Å²) >= 11 is 0. The van der Waals surface area contributed by atoms with Gasteiger partial charge in [0.15, 0.2) is 5.78 Å². The van der Waals surface area contributed by atoms with Crippen molar-refractivity contribution in [1.29, 1.82) is 0 Å². The summed E-state index contributed by atoms with van der Waals surface area (Å²) in [7, 11) is 0. The minimum absolute atomic E-state index is 0.0435. The second kappa shape index (κ2) is 7.08. The molecule has 0 aliphatic rings. The Morgan fingerprint density at radius 2 is 1.78 bits per heavy atom. The molecule has 0 atom stereocenters. The molecule has 2 aromatic heterocycles. The zero-order valence-electron chi connectivity index (χ0n) is 14.0. The van der Waals surface area contributed by atoms with E-state index in [9.17, 15) is 24.5 Å². The largest absolute Gasteiger partial charge is 0.457 e. The smallest absolute Gasteiger partial charge is 0.357 e. The molecule has 0 bridgehead atoms. The Bertz CT molecular complexity index is 1160. The predicted octanol–water partition coefficient (Wildman–Crippen LogP) is 2.60. The molecule has 0 radical (unpaired) electrons. The van der Waals surface area contributed by atoms with Gasteiger partial charge in [-0.25, -0.2) is 4.79 Å². The summed E-state index contributed by atoms with van der Waals surface area (Å²) in [4.78, 5) is 48.4. The molecule has 9 heteroatoms. The zero-order valence-corrected chi connectivity index (χ0v) is 14.0. The van der Waals surface area contributed by atoms with Gasteiger partial charge in [-0.15, -0.1) is 0 Å². The molecule has 0 fully saturated rings. The molecule has 0 spiro atoms. The molecule has 2 heterocycles. The lowest BCUT2D eigenvalue weighted by molar-refractivity contribution is -0.386. The van der Waals surface area contributed by atoms with Crippen LogP contribution in [-0.4, -0.2) is 20.7 Å². The lowest BCUT2D eigenvalue weighted by Crippen LogP contribution is -2.25. The Morgan fingerprint density at radius 3 is 2.41 bits per heavy atom. The second-order valence-electron chi connectivity index (χ2n) is 5.60. The molecule has 0 aliphatic carbocycles. The van der Waals surface area contributed by atoms with E-state index in [2.05, 4.69) is 4.98 Å². The standard InChI is InChI=1S/C18H13N3O6/c1-10(22)11-2-4-12(5-3-11)15-9-7-13(27-15)6-8-14-16(21(25)26)17(23)20-18(24)19-14/h2-9H,1H3,(H2,19,20,23,24)/b8-6+. The number of rotatable bonds is 5. The maximum absolute atomic E-state index is 11.6. The van der Waals surface area contributed by atoms with Gasteiger partial charge in [-0.05, 0) is 31.2 Å². The van der Waals surface area contributed by atoms with E-state index >= 15 is 0 Å². The van der Waals surface area contributed by atoms with Gasteiger partial charge in [-0.1, -0.05) is 24.3 Å². The lowest BCUT2D eigenvalue weighted by atomic mass is 10.1. The average Bonchev–Trinajstić information content (AvgIpc) is 3.08. The monoisotopic (exact) mass is 367 g/mol. The first kappa shape index (κ1) is 17.8. The molecule has 3 aromatic rings. The van der Waals surface area contributed by atoms with Crippen LogP contribution in [-0.2, 0) is 0 Å². The Balaban J connectivity index is 1.90. The highest BCUT2D eigenvalue weighted by atomic mass is 16.6. The Kier molecular flexibility index (Phi) is 4.67. The van der Waals surface area contributed by atoms with Crippen LogP contribution in [0.4, 0.5) is 5.69 Å². The number of H-pyrrole nitrogens is 2. The number of nitrogens with zero attached hydrogens (tertiary/aromatic N) is 1. The Hall–Kier alpha value is -4.01. The molecule has 3 rings (SSSR count). The van der Waals surface area contributed by atoms with E-state index in [1.165, 1.54) is 19.1 Å². The molecule has 0 saturated carbocycles. The van der Waals surface area contributed by atoms with Crippen molar-refractivity contribution in [2.75, 3.05) is 0 Å². The van der Waals surface area contributed by atoms with E-state index in [4.69, 9.17) is 4.42 Å². The summed E-state index contributed by atoms with van der Waals surface area (Å²) < 4.78 is 5.63. The van der Waals surface area contributed by atoms with Gasteiger partial charge in [-0.3, -0.25) is 24.7 Å². The fourth-order valence-corrected chi connectivity index (χ4v) is 2.43. The van der Waals surface area contributed by atoms with Gasteiger partial charge in [0.05, 0.1) is 4.92 Å². The third-order valence-electron chi connectivity index (χ3n) is 3.75. The third-order valence-corrected chi connectivity index (χ3v) is 3.75. The minimum Gasteiger partial charge on any atom is -0.457 e. The number of carbonyl (C=O) groups excluding carboxylic acids is 1. The van der Waals surface area contributed by atoms with Crippen LogP contribution in [0.15, 0.2) is 50.4 Å². The van der Waals surface area contributed by atoms with Crippen molar-refractivity contribution in [3.05, 3.63) is 84.4 Å². The number of benzene rings is 1. The average molecular weight is 367 g/mol. The van der Waals surface area contributed by atoms with Crippen LogP contribution in [0.2, 0.25) is 0 Å². The third kappa shape index (κ3) is 3.82. The van der Waals surface area contributed by atoms with E-state index in [0.29, 0.717) is 17.1 Å². The molecule has 27 heavy (non-hydrogen) atoms. The molecule has 0 unspecified atom stereocenters. The summed E-state index contributed by atoms with van der Waals surface area (Å²) in [6, 6.07) is 10.2. The SMILES string of the molecule is CC(=O)c1ccc(-c2ccc(/C=C/c3[nH]c(=O)[nH]c(=O)c3[N+](=O)[O-])o2)cc1. The second-order valence-corrected chi connectivity index (χ2v) is 5.60. The van der Waals surface area contributed by atoms with E-state index < -0.39 is 21.9 Å². The maximum atomic E-state index is 11.6. The van der Waals surface area contributed by atoms with Gasteiger partial charge in [0.25, 0.3) is 0 Å². The van der Waals surface area contributed by atoms with Gasteiger partial charge in [-0.2, -0.15) is 0 Å². The van der Waals surface area contributed by atoms with Crippen LogP contribution in [0.25, 0.3) is 23.5 Å². The van der Waals surface area contributed by atoms with Crippen molar-refractivity contribution < 1.29 is 14.1 Å². The number of furan rings is 1. The number of hydrogen-bond donors (Lipinski definition) is 2. The number of hydrogen-bond acceptors (Lipinski definition) is 6. The normalized spacial score (nSPS) is 11.0.